The fraction of sp³-hybridized carbons (Fsp3) is 0.520. The van der Waals surface area contributed by atoms with Crippen LogP contribution in [0.4, 0.5) is 5.00 Å². The summed E-state index contributed by atoms with van der Waals surface area (Å²) in [5, 5.41) is 5.68. The second kappa shape index (κ2) is 9.95. The number of hydrogen-bond acceptors (Lipinski definition) is 8. The molecule has 6 nitrogen and oxygen atoms in total. The van der Waals surface area contributed by atoms with Crippen LogP contribution in [0.2, 0.25) is 0 Å². The second-order valence-electron chi connectivity index (χ2n) is 9.08. The summed E-state index contributed by atoms with van der Waals surface area (Å²) >= 11 is 4.76. The number of anilines is 1. The Kier molecular flexibility index (Phi) is 6.95. The molecule has 34 heavy (non-hydrogen) atoms. The van der Waals surface area contributed by atoms with Gasteiger partial charge in [0.1, 0.15) is 20.7 Å². The topological polar surface area (TPSA) is 81.2 Å². The first-order valence-corrected chi connectivity index (χ1v) is 14.6. The van der Waals surface area contributed by atoms with Gasteiger partial charge in [-0.15, -0.1) is 22.7 Å². The van der Waals surface area contributed by atoms with Gasteiger partial charge in [-0.3, -0.25) is 4.79 Å². The molecule has 0 saturated carbocycles. The lowest BCUT2D eigenvalue weighted by atomic mass is 9.88. The van der Waals surface area contributed by atoms with Gasteiger partial charge in [-0.1, -0.05) is 18.7 Å². The van der Waals surface area contributed by atoms with Crippen molar-refractivity contribution in [3.05, 3.63) is 32.3 Å². The molecule has 1 amide bonds. The zero-order chi connectivity index (χ0) is 23.8. The minimum atomic E-state index is -0.337. The van der Waals surface area contributed by atoms with Crippen LogP contribution in [-0.2, 0) is 35.2 Å². The largest absolute Gasteiger partial charge is 0.462 e. The van der Waals surface area contributed by atoms with E-state index in [1.165, 1.54) is 51.3 Å². The third-order valence-electron chi connectivity index (χ3n) is 6.48. The van der Waals surface area contributed by atoms with E-state index in [0.29, 0.717) is 23.1 Å². The number of aryl methyl sites for hydroxylation is 3. The first kappa shape index (κ1) is 23.8. The predicted molar refractivity (Wildman–Crippen MR) is 140 cm³/mol. The molecule has 0 aliphatic heterocycles. The number of ether oxygens (including phenoxy) is 1. The van der Waals surface area contributed by atoms with E-state index in [2.05, 4.69) is 17.2 Å². The Morgan fingerprint density at radius 1 is 1.12 bits per heavy atom. The van der Waals surface area contributed by atoms with Crippen molar-refractivity contribution in [1.29, 1.82) is 0 Å². The van der Waals surface area contributed by atoms with Crippen LogP contribution in [0.3, 0.4) is 0 Å². The van der Waals surface area contributed by atoms with E-state index in [4.69, 9.17) is 9.72 Å². The highest BCUT2D eigenvalue weighted by molar-refractivity contribution is 8.00. The molecule has 0 bridgehead atoms. The Bertz CT molecular complexity index is 1260. The molecule has 0 radical (unpaired) electrons. The molecular weight excluding hydrogens is 486 g/mol. The van der Waals surface area contributed by atoms with E-state index in [1.54, 1.807) is 18.3 Å². The van der Waals surface area contributed by atoms with Gasteiger partial charge in [0.05, 0.1) is 17.9 Å². The number of carbonyl (C=O) groups excluding carboxylic acids is 2. The van der Waals surface area contributed by atoms with Crippen LogP contribution in [0.25, 0.3) is 10.2 Å². The van der Waals surface area contributed by atoms with E-state index >= 15 is 0 Å². The van der Waals surface area contributed by atoms with Crippen molar-refractivity contribution in [2.75, 3.05) is 17.7 Å². The molecule has 3 aromatic heterocycles. The van der Waals surface area contributed by atoms with Crippen LogP contribution in [0.15, 0.2) is 5.03 Å². The maximum absolute atomic E-state index is 13.0. The van der Waals surface area contributed by atoms with Crippen molar-refractivity contribution in [1.82, 2.24) is 9.97 Å². The molecule has 3 heterocycles. The number of fused-ring (bicyclic) bond motifs is 4. The summed E-state index contributed by atoms with van der Waals surface area (Å²) in [6.07, 6.45) is 7.43. The van der Waals surface area contributed by atoms with Crippen LogP contribution in [-0.4, -0.2) is 34.2 Å². The summed E-state index contributed by atoms with van der Waals surface area (Å²) in [5.41, 5.74) is 2.99. The number of esters is 1. The Labute approximate surface area is 211 Å². The highest BCUT2D eigenvalue weighted by Gasteiger charge is 2.29. The van der Waals surface area contributed by atoms with Gasteiger partial charge in [-0.2, -0.15) is 0 Å². The van der Waals surface area contributed by atoms with Gasteiger partial charge in [0.15, 0.2) is 0 Å². The van der Waals surface area contributed by atoms with Gasteiger partial charge < -0.3 is 10.1 Å². The van der Waals surface area contributed by atoms with E-state index in [-0.39, 0.29) is 17.6 Å². The van der Waals surface area contributed by atoms with E-state index in [9.17, 15) is 9.59 Å². The number of nitrogens with zero attached hydrogens (tertiary/aromatic N) is 2. The number of carbonyl (C=O) groups is 2. The van der Waals surface area contributed by atoms with Crippen LogP contribution in [0.1, 0.15) is 70.2 Å². The highest BCUT2D eigenvalue weighted by Crippen LogP contribution is 2.41. The highest BCUT2D eigenvalue weighted by atomic mass is 32.2. The fourth-order valence-corrected chi connectivity index (χ4v) is 8.57. The summed E-state index contributed by atoms with van der Waals surface area (Å²) in [5.74, 6) is 1.09. The van der Waals surface area contributed by atoms with Crippen LogP contribution in [0, 0.1) is 12.8 Å². The van der Waals surface area contributed by atoms with Crippen molar-refractivity contribution in [3.63, 3.8) is 0 Å². The Balaban J connectivity index is 1.37. The molecule has 9 heteroatoms. The Morgan fingerprint density at radius 2 is 1.94 bits per heavy atom. The zero-order valence-corrected chi connectivity index (χ0v) is 22.2. The lowest BCUT2D eigenvalue weighted by Gasteiger charge is -2.18. The minimum absolute atomic E-state index is 0.129. The maximum atomic E-state index is 13.0. The van der Waals surface area contributed by atoms with Gasteiger partial charge >= 0.3 is 5.97 Å². The number of aromatic nitrogens is 2. The van der Waals surface area contributed by atoms with Crippen molar-refractivity contribution >= 4 is 61.5 Å². The lowest BCUT2D eigenvalue weighted by Crippen LogP contribution is -2.17. The van der Waals surface area contributed by atoms with E-state index in [1.807, 2.05) is 6.92 Å². The summed E-state index contributed by atoms with van der Waals surface area (Å²) in [4.78, 5) is 38.8. The first-order chi connectivity index (χ1) is 16.4. The summed E-state index contributed by atoms with van der Waals surface area (Å²) in [6, 6.07) is 0. The van der Waals surface area contributed by atoms with E-state index < -0.39 is 0 Å². The zero-order valence-electron chi connectivity index (χ0n) is 19.8. The first-order valence-electron chi connectivity index (χ1n) is 12.0. The van der Waals surface area contributed by atoms with Crippen molar-refractivity contribution in [3.8, 4) is 0 Å². The number of thiophene rings is 2. The quantitative estimate of drug-likeness (QED) is 0.247. The van der Waals surface area contributed by atoms with Gasteiger partial charge in [-0.25, -0.2) is 14.8 Å². The summed E-state index contributed by atoms with van der Waals surface area (Å²) in [6.45, 7) is 6.26. The lowest BCUT2D eigenvalue weighted by molar-refractivity contribution is -0.113. The molecule has 0 saturated heterocycles. The number of amides is 1. The SMILES string of the molecule is CCOC(=O)c1c(NC(=O)CSc2nc(C)nc3sc4c(c23)CCCC4)sc2c1CC[C@@H](C)C2. The molecule has 5 rings (SSSR count). The molecule has 0 spiro atoms. The van der Waals surface area contributed by atoms with E-state index in [0.717, 1.165) is 58.7 Å². The molecule has 0 fully saturated rings. The average Bonchev–Trinajstić information content (AvgIpc) is 3.34. The van der Waals surface area contributed by atoms with Gasteiger partial charge in [0.25, 0.3) is 0 Å². The number of thioether (sulfide) groups is 1. The second-order valence-corrected chi connectivity index (χ2v) is 12.2. The minimum Gasteiger partial charge on any atom is -0.462 e. The number of nitrogens with one attached hydrogen (secondary N) is 1. The molecular formula is C25H29N3O3S3. The Hall–Kier alpha value is -1.97. The number of hydrogen-bond donors (Lipinski definition) is 1. The van der Waals surface area contributed by atoms with Crippen LogP contribution in [0.5, 0.6) is 0 Å². The molecule has 0 aromatic carbocycles. The molecule has 1 atom stereocenters. The van der Waals surface area contributed by atoms with Crippen LogP contribution < -0.4 is 5.32 Å². The molecule has 2 aliphatic carbocycles. The fourth-order valence-electron chi connectivity index (χ4n) is 4.88. The Morgan fingerprint density at radius 3 is 2.76 bits per heavy atom. The number of rotatable bonds is 6. The molecule has 2 aliphatic rings. The summed E-state index contributed by atoms with van der Waals surface area (Å²) < 4.78 is 5.33. The standard InChI is InChI=1S/C25H29N3O3S3/c1-4-31-25(30)21-16-10-9-13(2)11-18(16)34-24(21)28-19(29)12-32-22-20-15-7-5-6-8-17(15)33-23(20)27-14(3)26-22/h13H,4-12H2,1-3H3,(H,28,29)/t13-/m1/s1. The molecule has 0 unspecified atom stereocenters. The van der Waals surface area contributed by atoms with Crippen LogP contribution >= 0.6 is 34.4 Å². The summed E-state index contributed by atoms with van der Waals surface area (Å²) in [7, 11) is 0. The third kappa shape index (κ3) is 4.62. The molecule has 1 N–H and O–H groups in total. The predicted octanol–water partition coefficient (Wildman–Crippen LogP) is 5.97. The monoisotopic (exact) mass is 515 g/mol. The van der Waals surface area contributed by atoms with Gasteiger partial charge in [0, 0.05) is 15.1 Å². The van der Waals surface area contributed by atoms with Gasteiger partial charge in [-0.05, 0) is 75.8 Å². The van der Waals surface area contributed by atoms with Crippen molar-refractivity contribution in [2.24, 2.45) is 5.92 Å². The third-order valence-corrected chi connectivity index (χ3v) is 9.81. The smallest absolute Gasteiger partial charge is 0.341 e. The maximum Gasteiger partial charge on any atom is 0.341 e. The van der Waals surface area contributed by atoms with Gasteiger partial charge in [0.2, 0.25) is 5.91 Å². The molecule has 180 valence electrons. The molecule has 3 aromatic rings. The average molecular weight is 516 g/mol. The van der Waals surface area contributed by atoms with Crippen molar-refractivity contribution in [2.45, 2.75) is 70.7 Å². The normalized spacial score (nSPS) is 17.3. The van der Waals surface area contributed by atoms with Crippen molar-refractivity contribution < 1.29 is 14.3 Å².